The van der Waals surface area contributed by atoms with Crippen LogP contribution in [0.1, 0.15) is 57.6 Å². The fourth-order valence-electron chi connectivity index (χ4n) is 5.14. The van der Waals surface area contributed by atoms with E-state index in [1.54, 1.807) is 18.2 Å². The zero-order chi connectivity index (χ0) is 29.3. The smallest absolute Gasteiger partial charge is 0.407 e. The molecular weight excluding hydrogens is 530 g/mol. The number of nitrogens with zero attached hydrogens (tertiary/aromatic N) is 1. The topological polar surface area (TPSA) is 124 Å². The van der Waals surface area contributed by atoms with E-state index in [-0.39, 0.29) is 36.2 Å². The molecule has 1 aliphatic heterocycles. The van der Waals surface area contributed by atoms with Crippen LogP contribution in [-0.2, 0) is 26.3 Å². The van der Waals surface area contributed by atoms with Crippen LogP contribution in [0, 0.1) is 11.3 Å². The van der Waals surface area contributed by atoms with E-state index in [0.717, 1.165) is 11.1 Å². The number of nitrogens with one attached hydrogen (secondary N) is 4. The summed E-state index contributed by atoms with van der Waals surface area (Å²) in [5.41, 5.74) is 0.695. The zero-order valence-corrected chi connectivity index (χ0v) is 24.4. The molecule has 1 saturated heterocycles. The van der Waals surface area contributed by atoms with Gasteiger partial charge in [-0.25, -0.2) is 4.79 Å². The lowest BCUT2D eigenvalue weighted by atomic mass is 9.82. The van der Waals surface area contributed by atoms with Gasteiger partial charge in [0.05, 0.1) is 7.11 Å². The summed E-state index contributed by atoms with van der Waals surface area (Å²) in [5.74, 6) is -0.125. The monoisotopic (exact) mass is 569 g/mol. The Balaban J connectivity index is 1.64. The number of benzene rings is 2. The molecule has 2 aromatic carbocycles. The molecule has 40 heavy (non-hydrogen) atoms. The van der Waals surface area contributed by atoms with Crippen molar-refractivity contribution in [2.45, 2.75) is 70.5 Å². The number of carbonyl (C=O) groups is 3. The third kappa shape index (κ3) is 7.75. The molecule has 0 bridgehead atoms. The largest absolute Gasteiger partial charge is 0.453 e. The molecule has 0 spiro atoms. The van der Waals surface area contributed by atoms with Gasteiger partial charge in [0.2, 0.25) is 5.91 Å². The van der Waals surface area contributed by atoms with E-state index < -0.39 is 17.7 Å². The van der Waals surface area contributed by atoms with Gasteiger partial charge in [0.25, 0.3) is 5.91 Å². The minimum Gasteiger partial charge on any atom is -0.453 e. The van der Waals surface area contributed by atoms with Crippen molar-refractivity contribution in [3.63, 3.8) is 0 Å². The number of ether oxygens (including phenoxy) is 1. The number of carbonyl (C=O) groups excluding carboxylic acids is 3. The van der Waals surface area contributed by atoms with Crippen molar-refractivity contribution in [3.8, 4) is 0 Å². The van der Waals surface area contributed by atoms with Crippen LogP contribution in [-0.4, -0.2) is 54.5 Å². The van der Waals surface area contributed by atoms with Gasteiger partial charge in [-0.15, -0.1) is 0 Å². The quantitative estimate of drug-likeness (QED) is 0.281. The van der Waals surface area contributed by atoms with Crippen LogP contribution in [0.5, 0.6) is 0 Å². The molecule has 1 heterocycles. The Hall–Kier alpha value is -3.59. The molecule has 3 amide bonds. The van der Waals surface area contributed by atoms with E-state index in [4.69, 9.17) is 21.7 Å². The van der Waals surface area contributed by atoms with E-state index in [9.17, 15) is 14.4 Å². The summed E-state index contributed by atoms with van der Waals surface area (Å²) in [6.45, 7) is 6.46. The highest BCUT2D eigenvalue weighted by molar-refractivity contribution is 6.30. The molecule has 9 nitrogen and oxygen atoms in total. The summed E-state index contributed by atoms with van der Waals surface area (Å²) in [7, 11) is 1.25. The van der Waals surface area contributed by atoms with Crippen molar-refractivity contribution in [2.75, 3.05) is 13.7 Å². The van der Waals surface area contributed by atoms with E-state index in [0.29, 0.717) is 37.3 Å². The molecule has 10 heteroatoms. The Morgan fingerprint density at radius 3 is 2.48 bits per heavy atom. The van der Waals surface area contributed by atoms with Crippen LogP contribution < -0.4 is 16.0 Å². The van der Waals surface area contributed by atoms with Crippen molar-refractivity contribution in [1.82, 2.24) is 20.9 Å². The van der Waals surface area contributed by atoms with Crippen molar-refractivity contribution in [1.29, 1.82) is 5.41 Å². The summed E-state index contributed by atoms with van der Waals surface area (Å²) in [5, 5.41) is 17.9. The first kappa shape index (κ1) is 30.9. The second kappa shape index (κ2) is 14.2. The molecule has 0 aromatic heterocycles. The van der Waals surface area contributed by atoms with E-state index >= 15 is 0 Å². The average molecular weight is 570 g/mol. The van der Waals surface area contributed by atoms with Crippen molar-refractivity contribution in [2.24, 2.45) is 5.92 Å². The molecule has 3 rings (SSSR count). The van der Waals surface area contributed by atoms with Crippen molar-refractivity contribution < 1.29 is 19.1 Å². The summed E-state index contributed by atoms with van der Waals surface area (Å²) in [6, 6.07) is 15.7. The number of halogens is 1. The Labute approximate surface area is 241 Å². The van der Waals surface area contributed by atoms with E-state index in [2.05, 4.69) is 29.8 Å². The molecule has 0 saturated carbocycles. The lowest BCUT2D eigenvalue weighted by molar-refractivity contribution is -0.132. The molecule has 1 aliphatic rings. The normalized spacial score (nSPS) is 18.3. The Bertz CT molecular complexity index is 1190. The second-order valence-corrected chi connectivity index (χ2v) is 11.0. The Kier molecular flexibility index (Phi) is 11.0. The van der Waals surface area contributed by atoms with Crippen LogP contribution in [0.25, 0.3) is 0 Å². The molecular formula is C30H40ClN5O4. The van der Waals surface area contributed by atoms with Gasteiger partial charge in [-0.1, -0.05) is 74.8 Å². The summed E-state index contributed by atoms with van der Waals surface area (Å²) in [6.07, 6.45) is 1.98. The minimum atomic E-state index is -0.960. The minimum absolute atomic E-state index is 0.0930. The molecule has 2 aromatic rings. The predicted molar refractivity (Wildman–Crippen MR) is 156 cm³/mol. The number of methoxy groups -OCH3 is 1. The number of alkyl carbamates (subject to hydrolysis) is 1. The number of rotatable bonds is 13. The molecule has 216 valence electrons. The molecule has 3 atom stereocenters. The molecule has 4 N–H and O–H groups in total. The van der Waals surface area contributed by atoms with Gasteiger partial charge in [-0.2, -0.15) is 0 Å². The Morgan fingerprint density at radius 2 is 1.85 bits per heavy atom. The van der Waals surface area contributed by atoms with Gasteiger partial charge in [0, 0.05) is 24.0 Å². The number of hydrogen-bond acceptors (Lipinski definition) is 5. The maximum absolute atomic E-state index is 13.7. The summed E-state index contributed by atoms with van der Waals surface area (Å²) >= 11 is 6.10. The number of guanidine groups is 1. The van der Waals surface area contributed by atoms with Gasteiger partial charge in [0.15, 0.2) is 5.96 Å². The predicted octanol–water partition coefficient (Wildman–Crippen LogP) is 4.59. The van der Waals surface area contributed by atoms with Gasteiger partial charge >= 0.3 is 6.09 Å². The van der Waals surface area contributed by atoms with Gasteiger partial charge in [-0.05, 0) is 54.9 Å². The van der Waals surface area contributed by atoms with Gasteiger partial charge < -0.3 is 20.7 Å². The van der Waals surface area contributed by atoms with Crippen molar-refractivity contribution >= 4 is 35.5 Å². The SMILES string of the molecule is CC[C@@H](CCCN1C(=N)N[C@](CC(C)C)(c2ccccc2)C1=O)NC(=O)[C@H](Cc1cccc(Cl)c1)NC(=O)OC. The molecule has 0 aliphatic carbocycles. The average Bonchev–Trinajstić information content (AvgIpc) is 3.16. The van der Waals surface area contributed by atoms with Crippen molar-refractivity contribution in [3.05, 3.63) is 70.7 Å². The van der Waals surface area contributed by atoms with E-state index in [1.165, 1.54) is 12.0 Å². The maximum atomic E-state index is 13.7. The highest BCUT2D eigenvalue weighted by atomic mass is 35.5. The molecule has 0 unspecified atom stereocenters. The number of hydrogen-bond donors (Lipinski definition) is 4. The van der Waals surface area contributed by atoms with Crippen LogP contribution in [0.4, 0.5) is 4.79 Å². The van der Waals surface area contributed by atoms with Gasteiger partial charge in [0.1, 0.15) is 11.6 Å². The molecule has 1 fully saturated rings. The second-order valence-electron chi connectivity index (χ2n) is 10.6. The summed E-state index contributed by atoms with van der Waals surface area (Å²) in [4.78, 5) is 40.3. The third-order valence-corrected chi connectivity index (χ3v) is 7.32. The first-order valence-electron chi connectivity index (χ1n) is 13.7. The first-order chi connectivity index (χ1) is 19.1. The lowest BCUT2D eigenvalue weighted by Gasteiger charge is -2.29. The van der Waals surface area contributed by atoms with Crippen LogP contribution in [0.15, 0.2) is 54.6 Å². The first-order valence-corrected chi connectivity index (χ1v) is 14.1. The molecule has 0 radical (unpaired) electrons. The highest BCUT2D eigenvalue weighted by Crippen LogP contribution is 2.35. The van der Waals surface area contributed by atoms with Crippen LogP contribution in [0.3, 0.4) is 0 Å². The maximum Gasteiger partial charge on any atom is 0.407 e. The third-order valence-electron chi connectivity index (χ3n) is 7.09. The zero-order valence-electron chi connectivity index (χ0n) is 23.6. The highest BCUT2D eigenvalue weighted by Gasteiger charge is 2.50. The fraction of sp³-hybridized carbons (Fsp3) is 0.467. The van der Waals surface area contributed by atoms with Crippen LogP contribution >= 0.6 is 11.6 Å². The number of amides is 3. The summed E-state index contributed by atoms with van der Waals surface area (Å²) < 4.78 is 4.72. The fourth-order valence-corrected chi connectivity index (χ4v) is 5.35. The lowest BCUT2D eigenvalue weighted by Crippen LogP contribution is -2.50. The standard InChI is InChI=1S/C30H40ClN5O4/c1-5-24(33-26(37)25(34-29(39)40-4)18-21-11-9-14-23(31)17-21)15-10-16-36-27(38)30(19-20(2)3,35-28(36)32)22-12-7-6-8-13-22/h6-9,11-14,17,20,24-25H,5,10,15-16,18-19H2,1-4H3,(H2,32,35)(H,33,37)(H,34,39)/t24-,25-,30+/m0/s1. The van der Waals surface area contributed by atoms with Gasteiger partial charge in [-0.3, -0.25) is 19.9 Å². The van der Waals surface area contributed by atoms with E-state index in [1.807, 2.05) is 43.3 Å². The Morgan fingerprint density at radius 1 is 1.12 bits per heavy atom. The van der Waals surface area contributed by atoms with Crippen LogP contribution in [0.2, 0.25) is 5.02 Å².